The molecule has 0 unspecified atom stereocenters. The summed E-state index contributed by atoms with van der Waals surface area (Å²) in [5, 5.41) is 3.92. The maximum Gasteiger partial charge on any atom is 0.327 e. The van der Waals surface area contributed by atoms with Crippen LogP contribution in [-0.2, 0) is 6.54 Å². The van der Waals surface area contributed by atoms with E-state index in [1.807, 2.05) is 24.3 Å². The number of amides is 1. The molecule has 3 N–H and O–H groups in total. The highest BCUT2D eigenvalue weighted by atomic mass is 35.5. The fraction of sp³-hybridized carbons (Fsp3) is 0.300. The summed E-state index contributed by atoms with van der Waals surface area (Å²) in [6.07, 6.45) is 3.05. The average Bonchev–Trinajstić information content (AvgIpc) is 2.71. The standard InChI is InChI=1S/C20H20ClN5O3/c21-14-3-1-12(2-4-14)11-26-7-5-15(6-8-26)23-18(27)13-9-16-17(22-10-13)24-20(29)25-19(16)28/h1-4,9-10,15H,5-8,11H2,(H,23,27)(H2,22,24,25,28,29). The van der Waals surface area contributed by atoms with Crippen LogP contribution in [0.4, 0.5) is 0 Å². The predicted molar refractivity (Wildman–Crippen MR) is 110 cm³/mol. The number of rotatable bonds is 4. The summed E-state index contributed by atoms with van der Waals surface area (Å²) in [4.78, 5) is 46.7. The fourth-order valence-electron chi connectivity index (χ4n) is 3.52. The number of nitrogens with one attached hydrogen (secondary N) is 3. The number of halogens is 1. The Morgan fingerprint density at radius 3 is 2.62 bits per heavy atom. The number of aromatic nitrogens is 3. The second-order valence-electron chi connectivity index (χ2n) is 7.18. The van der Waals surface area contributed by atoms with Gasteiger partial charge in [0.15, 0.2) is 0 Å². The first-order valence-electron chi connectivity index (χ1n) is 9.38. The highest BCUT2D eigenvalue weighted by Crippen LogP contribution is 2.16. The number of aromatic amines is 2. The van der Waals surface area contributed by atoms with E-state index in [0.29, 0.717) is 5.56 Å². The second kappa shape index (κ2) is 8.18. The molecule has 2 aromatic heterocycles. The summed E-state index contributed by atoms with van der Waals surface area (Å²) in [7, 11) is 0. The van der Waals surface area contributed by atoms with Crippen molar-refractivity contribution in [2.45, 2.75) is 25.4 Å². The normalized spacial score (nSPS) is 15.5. The van der Waals surface area contributed by atoms with E-state index in [1.165, 1.54) is 17.8 Å². The van der Waals surface area contributed by atoms with E-state index in [0.717, 1.165) is 37.5 Å². The number of benzene rings is 1. The first-order chi connectivity index (χ1) is 14.0. The molecule has 8 nitrogen and oxygen atoms in total. The smallest absolute Gasteiger partial charge is 0.327 e. The lowest BCUT2D eigenvalue weighted by Crippen LogP contribution is -2.44. The van der Waals surface area contributed by atoms with Gasteiger partial charge in [0.25, 0.3) is 11.5 Å². The summed E-state index contributed by atoms with van der Waals surface area (Å²) < 4.78 is 0. The molecule has 1 saturated heterocycles. The van der Waals surface area contributed by atoms with Crippen molar-refractivity contribution in [3.05, 3.63) is 73.5 Å². The summed E-state index contributed by atoms with van der Waals surface area (Å²) in [5.41, 5.74) is 0.464. The monoisotopic (exact) mass is 413 g/mol. The molecule has 150 valence electrons. The Hall–Kier alpha value is -2.97. The quantitative estimate of drug-likeness (QED) is 0.602. The summed E-state index contributed by atoms with van der Waals surface area (Å²) in [6.45, 7) is 2.61. The van der Waals surface area contributed by atoms with E-state index < -0.39 is 11.2 Å². The molecule has 3 aromatic rings. The van der Waals surface area contributed by atoms with Gasteiger partial charge in [-0.1, -0.05) is 23.7 Å². The van der Waals surface area contributed by atoms with Crippen molar-refractivity contribution in [2.75, 3.05) is 13.1 Å². The number of likely N-dealkylation sites (tertiary alicyclic amines) is 1. The summed E-state index contributed by atoms with van der Waals surface area (Å²) in [6, 6.07) is 9.34. The van der Waals surface area contributed by atoms with Crippen LogP contribution in [0.25, 0.3) is 11.0 Å². The molecule has 1 aromatic carbocycles. The number of carbonyl (C=O) groups excluding carboxylic acids is 1. The molecule has 0 radical (unpaired) electrons. The number of pyridine rings is 1. The molecule has 0 spiro atoms. The molecule has 4 rings (SSSR count). The largest absolute Gasteiger partial charge is 0.349 e. The molecule has 0 saturated carbocycles. The zero-order valence-electron chi connectivity index (χ0n) is 15.6. The number of carbonyl (C=O) groups is 1. The fourth-order valence-corrected chi connectivity index (χ4v) is 3.65. The van der Waals surface area contributed by atoms with E-state index in [9.17, 15) is 14.4 Å². The van der Waals surface area contributed by atoms with E-state index in [2.05, 4.69) is 25.2 Å². The molecule has 9 heteroatoms. The molecule has 1 aliphatic rings. The molecule has 3 heterocycles. The van der Waals surface area contributed by atoms with Crippen molar-refractivity contribution >= 4 is 28.5 Å². The number of fused-ring (bicyclic) bond motifs is 1. The van der Waals surface area contributed by atoms with Crippen molar-refractivity contribution in [2.24, 2.45) is 0 Å². The van der Waals surface area contributed by atoms with Crippen LogP contribution in [0.1, 0.15) is 28.8 Å². The minimum absolute atomic E-state index is 0.0635. The van der Waals surface area contributed by atoms with Crippen molar-refractivity contribution in [1.29, 1.82) is 0 Å². The van der Waals surface area contributed by atoms with E-state index >= 15 is 0 Å². The van der Waals surface area contributed by atoms with Gasteiger partial charge in [-0.25, -0.2) is 9.78 Å². The number of nitrogens with zero attached hydrogens (tertiary/aromatic N) is 2. The van der Waals surface area contributed by atoms with Crippen molar-refractivity contribution < 1.29 is 4.79 Å². The van der Waals surface area contributed by atoms with Gasteiger partial charge < -0.3 is 5.32 Å². The minimum atomic E-state index is -0.627. The third-order valence-electron chi connectivity index (χ3n) is 5.10. The van der Waals surface area contributed by atoms with Crippen molar-refractivity contribution in [3.63, 3.8) is 0 Å². The third kappa shape index (κ3) is 4.55. The molecule has 0 aliphatic carbocycles. The molecule has 0 bridgehead atoms. The summed E-state index contributed by atoms with van der Waals surface area (Å²) >= 11 is 5.93. The van der Waals surface area contributed by atoms with Crippen LogP contribution < -0.4 is 16.6 Å². The molecular formula is C20H20ClN5O3. The Morgan fingerprint density at radius 2 is 1.90 bits per heavy atom. The predicted octanol–water partition coefficient (Wildman–Crippen LogP) is 1.66. The highest BCUT2D eigenvalue weighted by Gasteiger charge is 2.21. The van der Waals surface area contributed by atoms with Gasteiger partial charge >= 0.3 is 5.69 Å². The lowest BCUT2D eigenvalue weighted by molar-refractivity contribution is 0.0908. The van der Waals surface area contributed by atoms with Crippen LogP contribution in [0.5, 0.6) is 0 Å². The lowest BCUT2D eigenvalue weighted by atomic mass is 10.0. The van der Waals surface area contributed by atoms with Crippen LogP contribution in [0.3, 0.4) is 0 Å². The number of H-pyrrole nitrogens is 2. The molecule has 1 fully saturated rings. The first kappa shape index (κ1) is 19.4. The highest BCUT2D eigenvalue weighted by molar-refractivity contribution is 6.30. The van der Waals surface area contributed by atoms with Crippen LogP contribution in [0.2, 0.25) is 5.02 Å². The molecular weight excluding hydrogens is 394 g/mol. The van der Waals surface area contributed by atoms with Gasteiger partial charge in [0.05, 0.1) is 10.9 Å². The molecule has 0 atom stereocenters. The van der Waals surface area contributed by atoms with Gasteiger partial charge in [0.1, 0.15) is 5.65 Å². The SMILES string of the molecule is O=C(NC1CCN(Cc2ccc(Cl)cc2)CC1)c1cnc2[nH]c(=O)[nH]c(=O)c2c1. The van der Waals surface area contributed by atoms with Gasteiger partial charge in [-0.2, -0.15) is 0 Å². The topological polar surface area (TPSA) is 111 Å². The number of hydrogen-bond donors (Lipinski definition) is 3. The Labute approximate surface area is 170 Å². The third-order valence-corrected chi connectivity index (χ3v) is 5.35. The Morgan fingerprint density at radius 1 is 1.17 bits per heavy atom. The van der Waals surface area contributed by atoms with E-state index in [4.69, 9.17) is 11.6 Å². The second-order valence-corrected chi connectivity index (χ2v) is 7.62. The van der Waals surface area contributed by atoms with Gasteiger partial charge in [-0.05, 0) is 36.6 Å². The van der Waals surface area contributed by atoms with Crippen molar-refractivity contribution in [1.82, 2.24) is 25.2 Å². The Balaban J connectivity index is 1.36. The maximum atomic E-state index is 12.6. The Kier molecular flexibility index (Phi) is 5.46. The van der Waals surface area contributed by atoms with Gasteiger partial charge in [-0.15, -0.1) is 0 Å². The molecule has 1 aliphatic heterocycles. The van der Waals surface area contributed by atoms with Crippen LogP contribution in [-0.4, -0.2) is 44.9 Å². The Bertz CT molecular complexity index is 1150. The lowest BCUT2D eigenvalue weighted by Gasteiger charge is -2.32. The van der Waals surface area contributed by atoms with E-state index in [-0.39, 0.29) is 23.0 Å². The van der Waals surface area contributed by atoms with Gasteiger partial charge in [-0.3, -0.25) is 24.5 Å². The van der Waals surface area contributed by atoms with E-state index in [1.54, 1.807) is 0 Å². The summed E-state index contributed by atoms with van der Waals surface area (Å²) in [5.74, 6) is -0.277. The number of piperidine rings is 1. The number of hydrogen-bond acceptors (Lipinski definition) is 5. The maximum absolute atomic E-state index is 12.6. The van der Waals surface area contributed by atoms with Gasteiger partial charge in [0.2, 0.25) is 0 Å². The molecule has 29 heavy (non-hydrogen) atoms. The van der Waals surface area contributed by atoms with Crippen molar-refractivity contribution in [3.8, 4) is 0 Å². The van der Waals surface area contributed by atoms with Crippen LogP contribution in [0.15, 0.2) is 46.1 Å². The van der Waals surface area contributed by atoms with Gasteiger partial charge in [0, 0.05) is 36.9 Å². The first-order valence-corrected chi connectivity index (χ1v) is 9.76. The zero-order valence-corrected chi connectivity index (χ0v) is 16.3. The minimum Gasteiger partial charge on any atom is -0.349 e. The van der Waals surface area contributed by atoms with Crippen LogP contribution in [0, 0.1) is 0 Å². The molecule has 1 amide bonds. The zero-order chi connectivity index (χ0) is 20.4. The average molecular weight is 414 g/mol. The van der Waals surface area contributed by atoms with Crippen LogP contribution >= 0.6 is 11.6 Å².